The second-order valence-corrected chi connectivity index (χ2v) is 5.18. The van der Waals surface area contributed by atoms with Crippen LogP contribution in [0.2, 0.25) is 0 Å². The van der Waals surface area contributed by atoms with Crippen molar-refractivity contribution in [2.75, 3.05) is 20.3 Å². The van der Waals surface area contributed by atoms with Crippen molar-refractivity contribution in [3.05, 3.63) is 0 Å². The van der Waals surface area contributed by atoms with E-state index >= 15 is 0 Å². The number of esters is 2. The first-order valence-electron chi connectivity index (χ1n) is 8.15. The number of rotatable bonds is 13. The van der Waals surface area contributed by atoms with Gasteiger partial charge in [-0.3, -0.25) is 9.59 Å². The van der Waals surface area contributed by atoms with E-state index in [-0.39, 0.29) is 18.4 Å². The summed E-state index contributed by atoms with van der Waals surface area (Å²) in [6.07, 6.45) is 6.75. The van der Waals surface area contributed by atoms with E-state index in [4.69, 9.17) is 9.47 Å². The fraction of sp³-hybridized carbons (Fsp3) is 0.875. The molecule has 0 radical (unpaired) electrons. The van der Waals surface area contributed by atoms with Crippen LogP contribution >= 0.6 is 0 Å². The van der Waals surface area contributed by atoms with Crippen LogP contribution in [0, 0.1) is 0 Å². The first-order valence-corrected chi connectivity index (χ1v) is 8.15. The molecule has 1 atom stereocenters. The lowest BCUT2D eigenvalue weighted by Gasteiger charge is -2.14. The van der Waals surface area contributed by atoms with Gasteiger partial charge in [-0.2, -0.15) is 0 Å². The molecule has 5 nitrogen and oxygen atoms in total. The molecule has 0 bridgehead atoms. The lowest BCUT2D eigenvalue weighted by atomic mass is 10.1. The van der Waals surface area contributed by atoms with Crippen LogP contribution in [-0.4, -0.2) is 38.2 Å². The summed E-state index contributed by atoms with van der Waals surface area (Å²) in [5.74, 6) is -0.530. The van der Waals surface area contributed by atoms with E-state index in [1.54, 1.807) is 7.05 Å². The molecule has 0 aromatic rings. The molecule has 1 N–H and O–H groups in total. The summed E-state index contributed by atoms with van der Waals surface area (Å²) < 4.78 is 10.3. The van der Waals surface area contributed by atoms with Crippen molar-refractivity contribution in [2.24, 2.45) is 0 Å². The second-order valence-electron chi connectivity index (χ2n) is 5.18. The van der Waals surface area contributed by atoms with Gasteiger partial charge in [0, 0.05) is 6.42 Å². The van der Waals surface area contributed by atoms with Crippen LogP contribution in [0.1, 0.15) is 65.2 Å². The number of likely N-dealkylation sites (N-methyl/N-ethyl adjacent to an activating group) is 1. The molecule has 0 aliphatic carbocycles. The van der Waals surface area contributed by atoms with Gasteiger partial charge in [-0.15, -0.1) is 0 Å². The van der Waals surface area contributed by atoms with E-state index in [1.165, 1.54) is 0 Å². The lowest BCUT2D eigenvalue weighted by molar-refractivity contribution is -0.147. The molecule has 124 valence electrons. The third-order valence-electron chi connectivity index (χ3n) is 3.27. The molecule has 0 amide bonds. The summed E-state index contributed by atoms with van der Waals surface area (Å²) >= 11 is 0. The Bertz CT molecular complexity index is 281. The van der Waals surface area contributed by atoms with Gasteiger partial charge in [0.25, 0.3) is 0 Å². The molecule has 0 fully saturated rings. The average molecular weight is 301 g/mol. The van der Waals surface area contributed by atoms with Crippen LogP contribution in [0.4, 0.5) is 0 Å². The Morgan fingerprint density at radius 3 is 2.05 bits per heavy atom. The zero-order valence-corrected chi connectivity index (χ0v) is 13.8. The topological polar surface area (TPSA) is 64.6 Å². The fourth-order valence-corrected chi connectivity index (χ4v) is 1.88. The second kappa shape index (κ2) is 13.9. The molecule has 0 heterocycles. The average Bonchev–Trinajstić information content (AvgIpc) is 2.48. The predicted molar refractivity (Wildman–Crippen MR) is 83.0 cm³/mol. The Balaban J connectivity index is 3.81. The maximum absolute atomic E-state index is 11.8. The summed E-state index contributed by atoms with van der Waals surface area (Å²) in [5, 5.41) is 2.89. The number of hydrogen-bond acceptors (Lipinski definition) is 5. The molecule has 0 aliphatic rings. The highest BCUT2D eigenvalue weighted by Crippen LogP contribution is 2.04. The number of carbonyl (C=O) groups is 2. The maximum atomic E-state index is 11.8. The molecule has 0 unspecified atom stereocenters. The first-order chi connectivity index (χ1) is 10.2. The zero-order chi connectivity index (χ0) is 15.9. The molecule has 0 saturated carbocycles. The molecule has 5 heteroatoms. The number of hydrogen-bond donors (Lipinski definition) is 1. The van der Waals surface area contributed by atoms with Crippen molar-refractivity contribution in [1.29, 1.82) is 0 Å². The minimum absolute atomic E-state index is 0.238. The van der Waals surface area contributed by atoms with E-state index in [9.17, 15) is 9.59 Å². The van der Waals surface area contributed by atoms with Gasteiger partial charge in [0.05, 0.1) is 13.2 Å². The Kier molecular flexibility index (Phi) is 13.1. The van der Waals surface area contributed by atoms with Crippen molar-refractivity contribution in [2.45, 2.75) is 71.3 Å². The van der Waals surface area contributed by atoms with Crippen molar-refractivity contribution in [3.8, 4) is 0 Å². The number of nitrogens with one attached hydrogen (secondary N) is 1. The highest BCUT2D eigenvalue weighted by Gasteiger charge is 2.19. The van der Waals surface area contributed by atoms with E-state index in [2.05, 4.69) is 19.2 Å². The molecular weight excluding hydrogens is 270 g/mol. The Morgan fingerprint density at radius 1 is 0.952 bits per heavy atom. The predicted octanol–water partition coefficient (Wildman–Crippen LogP) is 2.82. The lowest BCUT2D eigenvalue weighted by Crippen LogP contribution is -2.36. The van der Waals surface area contributed by atoms with Gasteiger partial charge < -0.3 is 14.8 Å². The Morgan fingerprint density at radius 2 is 1.52 bits per heavy atom. The van der Waals surface area contributed by atoms with Gasteiger partial charge in [0.2, 0.25) is 0 Å². The normalized spacial score (nSPS) is 12.0. The maximum Gasteiger partial charge on any atom is 0.323 e. The highest BCUT2D eigenvalue weighted by atomic mass is 16.5. The summed E-state index contributed by atoms with van der Waals surface area (Å²) in [6.45, 7) is 5.13. The molecular formula is C16H31NO4. The highest BCUT2D eigenvalue weighted by molar-refractivity contribution is 5.77. The van der Waals surface area contributed by atoms with Crippen LogP contribution in [0.5, 0.6) is 0 Å². The SMILES string of the molecule is CCCCCOC(=O)CC[C@H](NC)C(=O)OCCCCC. The molecule has 21 heavy (non-hydrogen) atoms. The third kappa shape index (κ3) is 11.3. The van der Waals surface area contributed by atoms with E-state index in [0.717, 1.165) is 38.5 Å². The van der Waals surface area contributed by atoms with Crippen molar-refractivity contribution < 1.29 is 19.1 Å². The van der Waals surface area contributed by atoms with Gasteiger partial charge >= 0.3 is 11.9 Å². The van der Waals surface area contributed by atoms with Gasteiger partial charge in [-0.25, -0.2) is 0 Å². The van der Waals surface area contributed by atoms with Crippen molar-refractivity contribution in [1.82, 2.24) is 5.32 Å². The number of unbranched alkanes of at least 4 members (excludes halogenated alkanes) is 4. The smallest absolute Gasteiger partial charge is 0.323 e. The summed E-state index contributed by atoms with van der Waals surface area (Å²) in [7, 11) is 1.70. The zero-order valence-electron chi connectivity index (χ0n) is 13.8. The monoisotopic (exact) mass is 301 g/mol. The van der Waals surface area contributed by atoms with Gasteiger partial charge in [0.1, 0.15) is 6.04 Å². The fourth-order valence-electron chi connectivity index (χ4n) is 1.88. The standard InChI is InChI=1S/C16H31NO4/c1-4-6-8-12-20-15(18)11-10-14(17-3)16(19)21-13-9-7-5-2/h14,17H,4-13H2,1-3H3/t14-/m0/s1. The number of carbonyl (C=O) groups excluding carboxylic acids is 2. The van der Waals surface area contributed by atoms with Crippen LogP contribution in [0.15, 0.2) is 0 Å². The van der Waals surface area contributed by atoms with Gasteiger partial charge in [0.15, 0.2) is 0 Å². The minimum Gasteiger partial charge on any atom is -0.466 e. The number of ether oxygens (including phenoxy) is 2. The van der Waals surface area contributed by atoms with E-state index in [0.29, 0.717) is 19.6 Å². The van der Waals surface area contributed by atoms with Crippen LogP contribution in [0.3, 0.4) is 0 Å². The van der Waals surface area contributed by atoms with E-state index < -0.39 is 6.04 Å². The van der Waals surface area contributed by atoms with Crippen LogP contribution < -0.4 is 5.32 Å². The van der Waals surface area contributed by atoms with Crippen LogP contribution in [-0.2, 0) is 19.1 Å². The summed E-state index contributed by atoms with van der Waals surface area (Å²) in [4.78, 5) is 23.4. The molecule has 0 saturated heterocycles. The third-order valence-corrected chi connectivity index (χ3v) is 3.27. The molecule has 0 aromatic heterocycles. The first kappa shape index (κ1) is 19.9. The largest absolute Gasteiger partial charge is 0.466 e. The molecule has 0 spiro atoms. The van der Waals surface area contributed by atoms with Gasteiger partial charge in [-0.05, 0) is 26.3 Å². The van der Waals surface area contributed by atoms with Crippen molar-refractivity contribution >= 4 is 11.9 Å². The Hall–Kier alpha value is -1.10. The van der Waals surface area contributed by atoms with Crippen molar-refractivity contribution in [3.63, 3.8) is 0 Å². The van der Waals surface area contributed by atoms with Gasteiger partial charge in [-0.1, -0.05) is 39.5 Å². The molecule has 0 rings (SSSR count). The quantitative estimate of drug-likeness (QED) is 0.418. The summed E-state index contributed by atoms with van der Waals surface area (Å²) in [5.41, 5.74) is 0. The van der Waals surface area contributed by atoms with Crippen LogP contribution in [0.25, 0.3) is 0 Å². The molecule has 0 aromatic carbocycles. The molecule has 0 aliphatic heterocycles. The summed E-state index contributed by atoms with van der Waals surface area (Å²) in [6, 6.07) is -0.435. The minimum atomic E-state index is -0.435. The van der Waals surface area contributed by atoms with E-state index in [1.807, 2.05) is 0 Å². The Labute approximate surface area is 128 Å².